The van der Waals surface area contributed by atoms with Crippen LogP contribution in [-0.4, -0.2) is 19.8 Å². The quantitative estimate of drug-likeness (QED) is 0.856. The third kappa shape index (κ3) is 3.88. The summed E-state index contributed by atoms with van der Waals surface area (Å²) < 4.78 is 57.8. The zero-order valence-corrected chi connectivity index (χ0v) is 9.62. The minimum Gasteiger partial charge on any atom is -0.269 e. The Morgan fingerprint density at radius 1 is 1.17 bits per heavy atom. The molecule has 8 heteroatoms. The van der Waals surface area contributed by atoms with E-state index >= 15 is 0 Å². The second-order valence-electron chi connectivity index (χ2n) is 3.16. The fourth-order valence-electron chi connectivity index (χ4n) is 0.960. The van der Waals surface area contributed by atoms with Crippen LogP contribution < -0.4 is 4.72 Å². The molecule has 0 aliphatic carbocycles. The van der Waals surface area contributed by atoms with Crippen LogP contribution in [0.3, 0.4) is 0 Å². The zero-order valence-electron chi connectivity index (χ0n) is 8.81. The van der Waals surface area contributed by atoms with Crippen molar-refractivity contribution in [2.24, 2.45) is 0 Å². The molecule has 0 aromatic heterocycles. The minimum atomic E-state index is -5.65. The van der Waals surface area contributed by atoms with Gasteiger partial charge >= 0.3 is 15.5 Å². The Kier molecular flexibility index (Phi) is 4.12. The maximum atomic E-state index is 11.9. The van der Waals surface area contributed by atoms with E-state index in [-0.39, 0.29) is 0 Å². The predicted octanol–water partition coefficient (Wildman–Crippen LogP) is 1.67. The van der Waals surface area contributed by atoms with Crippen LogP contribution in [0.15, 0.2) is 36.4 Å². The first-order valence-corrected chi connectivity index (χ1v) is 6.07. The lowest BCUT2D eigenvalue weighted by Gasteiger charge is -2.07. The molecule has 1 amide bonds. The van der Waals surface area contributed by atoms with Crippen molar-refractivity contribution in [2.75, 3.05) is 0 Å². The van der Waals surface area contributed by atoms with Gasteiger partial charge in [-0.25, -0.2) is 4.72 Å². The summed E-state index contributed by atoms with van der Waals surface area (Å²) >= 11 is 0. The number of sulfonamides is 1. The summed E-state index contributed by atoms with van der Waals surface area (Å²) in [5.41, 5.74) is -4.96. The van der Waals surface area contributed by atoms with Gasteiger partial charge in [-0.1, -0.05) is 30.3 Å². The van der Waals surface area contributed by atoms with E-state index in [0.717, 1.165) is 4.72 Å². The first kappa shape index (κ1) is 14.2. The molecule has 0 atom stereocenters. The van der Waals surface area contributed by atoms with Gasteiger partial charge in [-0.15, -0.1) is 0 Å². The summed E-state index contributed by atoms with van der Waals surface area (Å²) in [5, 5.41) is 0. The van der Waals surface area contributed by atoms with Gasteiger partial charge in [-0.2, -0.15) is 21.6 Å². The van der Waals surface area contributed by atoms with Crippen molar-refractivity contribution in [3.8, 4) is 0 Å². The standard InChI is InChI=1S/C10H8F3NO3S/c11-10(12,13)18(16,17)14-9(15)7-6-8-4-2-1-3-5-8/h1-7H,(H,14,15)/b7-6+. The largest absolute Gasteiger partial charge is 0.516 e. The van der Waals surface area contributed by atoms with Gasteiger partial charge in [0.2, 0.25) is 0 Å². The summed E-state index contributed by atoms with van der Waals surface area (Å²) in [4.78, 5) is 11.0. The van der Waals surface area contributed by atoms with Gasteiger partial charge in [0, 0.05) is 6.08 Å². The molecule has 1 aromatic carbocycles. The van der Waals surface area contributed by atoms with Gasteiger partial charge in [-0.3, -0.25) is 4.79 Å². The van der Waals surface area contributed by atoms with Gasteiger partial charge in [0.05, 0.1) is 0 Å². The number of halogens is 3. The summed E-state index contributed by atoms with van der Waals surface area (Å²) in [5.74, 6) is -1.36. The lowest BCUT2D eigenvalue weighted by Crippen LogP contribution is -2.39. The maximum absolute atomic E-state index is 11.9. The highest BCUT2D eigenvalue weighted by molar-refractivity contribution is 7.90. The number of nitrogens with one attached hydrogen (secondary N) is 1. The topological polar surface area (TPSA) is 63.2 Å². The molecular formula is C10H8F3NO3S. The smallest absolute Gasteiger partial charge is 0.269 e. The van der Waals surface area contributed by atoms with Crippen molar-refractivity contribution < 1.29 is 26.4 Å². The van der Waals surface area contributed by atoms with Crippen molar-refractivity contribution in [1.29, 1.82) is 0 Å². The van der Waals surface area contributed by atoms with Crippen LogP contribution >= 0.6 is 0 Å². The Morgan fingerprint density at radius 2 is 1.72 bits per heavy atom. The third-order valence-electron chi connectivity index (χ3n) is 1.77. The first-order chi connectivity index (χ1) is 8.22. The molecule has 0 saturated carbocycles. The molecule has 98 valence electrons. The average Bonchev–Trinajstić information content (AvgIpc) is 2.26. The SMILES string of the molecule is O=C(/C=C/c1ccccc1)NS(=O)(=O)C(F)(F)F. The lowest BCUT2D eigenvalue weighted by molar-refractivity contribution is -0.115. The van der Waals surface area contributed by atoms with E-state index in [1.54, 1.807) is 30.3 Å². The van der Waals surface area contributed by atoms with Crippen molar-refractivity contribution in [3.63, 3.8) is 0 Å². The summed E-state index contributed by atoms with van der Waals surface area (Å²) in [6, 6.07) is 8.23. The molecule has 4 nitrogen and oxygen atoms in total. The molecule has 0 spiro atoms. The fraction of sp³-hybridized carbons (Fsp3) is 0.100. The van der Waals surface area contributed by atoms with Crippen LogP contribution in [0.25, 0.3) is 6.08 Å². The van der Waals surface area contributed by atoms with Gasteiger partial charge < -0.3 is 0 Å². The highest BCUT2D eigenvalue weighted by atomic mass is 32.2. The number of benzene rings is 1. The van der Waals surface area contributed by atoms with E-state index in [9.17, 15) is 26.4 Å². The highest BCUT2D eigenvalue weighted by Crippen LogP contribution is 2.21. The van der Waals surface area contributed by atoms with E-state index < -0.39 is 21.4 Å². The predicted molar refractivity (Wildman–Crippen MR) is 58.6 cm³/mol. The van der Waals surface area contributed by atoms with Crippen molar-refractivity contribution >= 4 is 22.0 Å². The molecular weight excluding hydrogens is 271 g/mol. The van der Waals surface area contributed by atoms with Gasteiger partial charge in [-0.05, 0) is 11.6 Å². The Morgan fingerprint density at radius 3 is 2.22 bits per heavy atom. The van der Waals surface area contributed by atoms with E-state index in [4.69, 9.17) is 0 Å². The number of alkyl halides is 3. The Hall–Kier alpha value is -1.83. The molecule has 0 aliphatic heterocycles. The fourth-order valence-corrected chi connectivity index (χ4v) is 1.41. The average molecular weight is 279 g/mol. The second kappa shape index (κ2) is 5.21. The van der Waals surface area contributed by atoms with Gasteiger partial charge in [0.15, 0.2) is 0 Å². The van der Waals surface area contributed by atoms with E-state index in [0.29, 0.717) is 11.6 Å². The normalized spacial score (nSPS) is 12.6. The monoisotopic (exact) mass is 279 g/mol. The van der Waals surface area contributed by atoms with Crippen LogP contribution in [0.4, 0.5) is 13.2 Å². The van der Waals surface area contributed by atoms with Crippen LogP contribution in [0.5, 0.6) is 0 Å². The van der Waals surface area contributed by atoms with Crippen molar-refractivity contribution in [2.45, 2.75) is 5.51 Å². The van der Waals surface area contributed by atoms with Crippen LogP contribution in [0.1, 0.15) is 5.56 Å². The Labute approximate surface area is 101 Å². The van der Waals surface area contributed by atoms with Crippen molar-refractivity contribution in [1.82, 2.24) is 4.72 Å². The van der Waals surface area contributed by atoms with E-state index in [1.807, 2.05) is 0 Å². The summed E-state index contributed by atoms with van der Waals surface area (Å²) in [6.45, 7) is 0. The minimum absolute atomic E-state index is 0.553. The molecule has 1 aromatic rings. The molecule has 0 saturated heterocycles. The summed E-state index contributed by atoms with van der Waals surface area (Å²) in [6.07, 6.45) is 1.90. The van der Waals surface area contributed by atoms with Crippen LogP contribution in [0, 0.1) is 0 Å². The third-order valence-corrected chi connectivity index (χ3v) is 2.85. The molecule has 1 N–H and O–H groups in total. The number of hydrogen-bond acceptors (Lipinski definition) is 3. The number of hydrogen-bond donors (Lipinski definition) is 1. The zero-order chi connectivity index (χ0) is 13.8. The van der Waals surface area contributed by atoms with Gasteiger partial charge in [0.1, 0.15) is 0 Å². The van der Waals surface area contributed by atoms with Gasteiger partial charge in [0.25, 0.3) is 5.91 Å². The van der Waals surface area contributed by atoms with Crippen LogP contribution in [0.2, 0.25) is 0 Å². The number of carbonyl (C=O) groups excluding carboxylic acids is 1. The molecule has 0 radical (unpaired) electrons. The molecule has 0 fully saturated rings. The Balaban J connectivity index is 2.72. The molecule has 1 rings (SSSR count). The molecule has 0 bridgehead atoms. The summed E-state index contributed by atoms with van der Waals surface area (Å²) in [7, 11) is -5.65. The van der Waals surface area contributed by atoms with Crippen LogP contribution in [-0.2, 0) is 14.8 Å². The second-order valence-corrected chi connectivity index (χ2v) is 4.83. The maximum Gasteiger partial charge on any atom is 0.516 e. The number of rotatable bonds is 3. The van der Waals surface area contributed by atoms with E-state index in [1.165, 1.54) is 6.08 Å². The molecule has 0 heterocycles. The molecule has 0 aliphatic rings. The number of amides is 1. The highest BCUT2D eigenvalue weighted by Gasteiger charge is 2.46. The first-order valence-electron chi connectivity index (χ1n) is 4.58. The Bertz CT molecular complexity index is 549. The molecule has 18 heavy (non-hydrogen) atoms. The molecule has 0 unspecified atom stereocenters. The van der Waals surface area contributed by atoms with E-state index in [2.05, 4.69) is 0 Å². The number of carbonyl (C=O) groups is 1. The van der Waals surface area contributed by atoms with Crippen molar-refractivity contribution in [3.05, 3.63) is 42.0 Å². The lowest BCUT2D eigenvalue weighted by atomic mass is 10.2.